The monoisotopic (exact) mass is 617 g/mol. The Morgan fingerprint density at radius 1 is 1.13 bits per heavy atom. The lowest BCUT2D eigenvalue weighted by Crippen LogP contribution is -2.58. The summed E-state index contributed by atoms with van der Waals surface area (Å²) < 4.78 is 22.8. The lowest BCUT2D eigenvalue weighted by Gasteiger charge is -2.32. The smallest absolute Gasteiger partial charge is 0.337 e. The number of carbonyl (C=O) groups excluding carboxylic acids is 3. The molecule has 1 saturated heterocycles. The van der Waals surface area contributed by atoms with Gasteiger partial charge in [0.1, 0.15) is 25.0 Å². The van der Waals surface area contributed by atoms with Gasteiger partial charge in [0.05, 0.1) is 32.1 Å². The van der Waals surface area contributed by atoms with Crippen molar-refractivity contribution in [1.29, 1.82) is 0 Å². The molecule has 12 heteroatoms. The summed E-state index contributed by atoms with van der Waals surface area (Å²) in [6.07, 6.45) is 3.87. The Morgan fingerprint density at radius 3 is 2.62 bits per heavy atom. The molecule has 5 rings (SSSR count). The molecule has 0 spiro atoms. The van der Waals surface area contributed by atoms with Crippen LogP contribution in [0.3, 0.4) is 0 Å². The summed E-state index contributed by atoms with van der Waals surface area (Å²) >= 11 is 0. The Bertz CT molecular complexity index is 1510. The maximum absolute atomic E-state index is 14.1. The highest BCUT2D eigenvalue weighted by Gasteiger charge is 2.49. The van der Waals surface area contributed by atoms with Gasteiger partial charge in [-0.3, -0.25) is 9.59 Å². The van der Waals surface area contributed by atoms with Crippen LogP contribution in [0.4, 0.5) is 0 Å². The van der Waals surface area contributed by atoms with Crippen LogP contribution in [-0.2, 0) is 41.6 Å². The van der Waals surface area contributed by atoms with Gasteiger partial charge in [-0.1, -0.05) is 42.5 Å². The van der Waals surface area contributed by atoms with E-state index in [0.717, 1.165) is 16.7 Å². The number of aliphatic imine (C=N–C) groups is 1. The number of carbonyl (C=O) groups is 3. The van der Waals surface area contributed by atoms with Crippen molar-refractivity contribution < 1.29 is 33.0 Å². The number of nitrogens with zero attached hydrogens (tertiary/aromatic N) is 3. The van der Waals surface area contributed by atoms with Gasteiger partial charge in [-0.15, -0.1) is 0 Å². The zero-order chi connectivity index (χ0) is 32.0. The van der Waals surface area contributed by atoms with E-state index in [-0.39, 0.29) is 31.4 Å². The van der Waals surface area contributed by atoms with Gasteiger partial charge in [0.2, 0.25) is 23.6 Å². The molecule has 12 nitrogen and oxygen atoms in total. The maximum Gasteiger partial charge on any atom is 0.337 e. The third-order valence-corrected chi connectivity index (χ3v) is 8.07. The minimum absolute atomic E-state index is 0.0434. The molecule has 3 aromatic rings. The molecule has 238 valence electrons. The number of oxazole rings is 1. The van der Waals surface area contributed by atoms with E-state index in [1.165, 1.54) is 13.4 Å². The Morgan fingerprint density at radius 2 is 1.91 bits per heavy atom. The molecular formula is C33H39N5O7. The molecule has 2 amide bonds. The summed E-state index contributed by atoms with van der Waals surface area (Å²) in [5.74, 6) is -0.605. The fraction of sp³-hybridized carbons (Fsp3) is 0.424. The number of aromatic nitrogens is 1. The minimum atomic E-state index is -1.34. The molecule has 3 N–H and O–H groups in total. The molecule has 2 aliphatic heterocycles. The molecule has 1 aromatic heterocycles. The van der Waals surface area contributed by atoms with E-state index in [9.17, 15) is 14.4 Å². The van der Waals surface area contributed by atoms with Crippen LogP contribution in [0.1, 0.15) is 37.8 Å². The summed E-state index contributed by atoms with van der Waals surface area (Å²) in [5.41, 5.74) is 7.00. The summed E-state index contributed by atoms with van der Waals surface area (Å²) in [7, 11) is 1.31. The van der Waals surface area contributed by atoms with Crippen LogP contribution in [0.15, 0.2) is 76.5 Å². The van der Waals surface area contributed by atoms with Crippen LogP contribution >= 0.6 is 0 Å². The minimum Gasteiger partial charge on any atom is -0.476 e. The topological polar surface area (TPSA) is 159 Å². The first-order valence-corrected chi connectivity index (χ1v) is 15.0. The quantitative estimate of drug-likeness (QED) is 0.292. The number of nitrogens with two attached hydrogens (primary N) is 1. The van der Waals surface area contributed by atoms with Crippen LogP contribution in [-0.4, -0.2) is 83.6 Å². The second kappa shape index (κ2) is 14.0. The second-order valence-corrected chi connectivity index (χ2v) is 11.4. The fourth-order valence-electron chi connectivity index (χ4n) is 5.64. The van der Waals surface area contributed by atoms with Crippen molar-refractivity contribution in [3.63, 3.8) is 0 Å². The first-order chi connectivity index (χ1) is 21.7. The van der Waals surface area contributed by atoms with Crippen LogP contribution in [0, 0.1) is 0 Å². The number of amides is 2. The van der Waals surface area contributed by atoms with Crippen LogP contribution in [0.25, 0.3) is 11.5 Å². The Hall–Kier alpha value is -4.55. The molecular weight excluding hydrogens is 578 g/mol. The van der Waals surface area contributed by atoms with E-state index < -0.39 is 41.6 Å². The molecule has 0 bridgehead atoms. The summed E-state index contributed by atoms with van der Waals surface area (Å²) in [4.78, 5) is 50.6. The average Bonchev–Trinajstić information content (AvgIpc) is 3.84. The molecule has 45 heavy (non-hydrogen) atoms. The first-order valence-electron chi connectivity index (χ1n) is 15.0. The molecule has 5 atom stereocenters. The largest absolute Gasteiger partial charge is 0.476 e. The lowest BCUT2D eigenvalue weighted by atomic mass is 9.91. The zero-order valence-corrected chi connectivity index (χ0v) is 25.7. The predicted molar refractivity (Wildman–Crippen MR) is 165 cm³/mol. The van der Waals surface area contributed by atoms with E-state index >= 15 is 0 Å². The molecule has 0 aliphatic carbocycles. The molecule has 3 heterocycles. The molecule has 1 unspecified atom stereocenters. The number of benzene rings is 2. The summed E-state index contributed by atoms with van der Waals surface area (Å²) in [6.45, 7) is 3.94. The van der Waals surface area contributed by atoms with Crippen molar-refractivity contribution in [3.05, 3.63) is 78.2 Å². The highest BCUT2D eigenvalue weighted by atomic mass is 16.5. The van der Waals surface area contributed by atoms with Crippen LogP contribution in [0.5, 0.6) is 0 Å². The maximum atomic E-state index is 14.1. The van der Waals surface area contributed by atoms with E-state index in [4.69, 9.17) is 29.4 Å². The van der Waals surface area contributed by atoms with E-state index in [0.29, 0.717) is 25.3 Å². The number of rotatable bonds is 12. The van der Waals surface area contributed by atoms with Crippen molar-refractivity contribution in [2.24, 2.45) is 10.7 Å². The number of esters is 1. The SMILES string of the molecule is COC(=O)[C@@]1(Cc2cccc(-c3ncco3)c2)COC([C@@H]2CCCN2C(=O)[C@@H](NC(=O)[C@H](C)N)C(C)OCc2ccccc2)=N1. The first kappa shape index (κ1) is 31.9. The number of hydrogen-bond acceptors (Lipinski definition) is 10. The van der Waals surface area contributed by atoms with Gasteiger partial charge in [0.25, 0.3) is 0 Å². The van der Waals surface area contributed by atoms with Crippen molar-refractivity contribution in [2.75, 3.05) is 20.3 Å². The third kappa shape index (κ3) is 7.23. The molecule has 2 aromatic carbocycles. The fourth-order valence-corrected chi connectivity index (χ4v) is 5.64. The number of hydrogen-bond donors (Lipinski definition) is 2. The van der Waals surface area contributed by atoms with Crippen molar-refractivity contribution in [2.45, 2.75) is 69.5 Å². The average molecular weight is 618 g/mol. The number of likely N-dealkylation sites (tertiary alicyclic amines) is 1. The number of nitrogens with one attached hydrogen (secondary N) is 1. The van der Waals surface area contributed by atoms with Gasteiger partial charge in [0.15, 0.2) is 5.54 Å². The summed E-state index contributed by atoms with van der Waals surface area (Å²) in [6, 6.07) is 14.7. The normalized spacial score (nSPS) is 21.4. The van der Waals surface area contributed by atoms with Gasteiger partial charge in [-0.25, -0.2) is 14.8 Å². The molecule has 1 fully saturated rings. The lowest BCUT2D eigenvalue weighted by molar-refractivity contribution is -0.147. The zero-order valence-electron chi connectivity index (χ0n) is 25.7. The van der Waals surface area contributed by atoms with E-state index in [1.807, 2.05) is 54.6 Å². The van der Waals surface area contributed by atoms with Gasteiger partial charge in [-0.05, 0) is 49.9 Å². The third-order valence-electron chi connectivity index (χ3n) is 8.07. The van der Waals surface area contributed by atoms with E-state index in [2.05, 4.69) is 10.3 Å². The molecule has 0 radical (unpaired) electrons. The highest BCUT2D eigenvalue weighted by Crippen LogP contribution is 2.32. The predicted octanol–water partition coefficient (Wildman–Crippen LogP) is 2.65. The van der Waals surface area contributed by atoms with Crippen molar-refractivity contribution in [1.82, 2.24) is 15.2 Å². The van der Waals surface area contributed by atoms with Gasteiger partial charge in [0, 0.05) is 18.5 Å². The molecule has 0 saturated carbocycles. The standard InChI is InChI=1S/C33H39N5O7/c1-21(34)28(39)36-27(22(2)44-19-23-9-5-4-6-10-23)31(40)38-15-8-13-26(38)30-37-33(20-45-30,32(41)42-3)18-24-11-7-12-25(17-24)29-35-14-16-43-29/h4-7,9-12,14,16-17,21-22,26-27H,8,13,15,18-20,34H2,1-3H3,(H,36,39)/t21-,22?,26-,27-,33+/m0/s1. The van der Waals surface area contributed by atoms with E-state index in [1.54, 1.807) is 24.9 Å². The van der Waals surface area contributed by atoms with Gasteiger partial charge in [-0.2, -0.15) is 0 Å². The summed E-state index contributed by atoms with van der Waals surface area (Å²) in [5, 5.41) is 2.79. The van der Waals surface area contributed by atoms with Crippen molar-refractivity contribution >= 4 is 23.7 Å². The van der Waals surface area contributed by atoms with Crippen LogP contribution in [0.2, 0.25) is 0 Å². The van der Waals surface area contributed by atoms with Gasteiger partial charge < -0.3 is 34.6 Å². The second-order valence-electron chi connectivity index (χ2n) is 11.4. The highest BCUT2D eigenvalue weighted by molar-refractivity contribution is 5.96. The number of methoxy groups -OCH3 is 1. The number of ether oxygens (including phenoxy) is 3. The Labute approximate surface area is 261 Å². The van der Waals surface area contributed by atoms with Crippen LogP contribution < -0.4 is 11.1 Å². The van der Waals surface area contributed by atoms with Crippen molar-refractivity contribution in [3.8, 4) is 11.5 Å². The molecule has 2 aliphatic rings. The Kier molecular flexibility index (Phi) is 9.94. The van der Waals surface area contributed by atoms with Gasteiger partial charge >= 0.3 is 5.97 Å². The Balaban J connectivity index is 1.37.